The number of rotatable bonds is 4. The Morgan fingerprint density at radius 2 is 2.36 bits per heavy atom. The van der Waals surface area contributed by atoms with E-state index in [0.29, 0.717) is 5.92 Å². The number of aryl methyl sites for hydroxylation is 1. The second-order valence-corrected chi connectivity index (χ2v) is 6.63. The van der Waals surface area contributed by atoms with Crippen LogP contribution in [0.15, 0.2) is 30.6 Å². The number of hydrogen-bond donors (Lipinski definition) is 1. The second kappa shape index (κ2) is 5.57. The van der Waals surface area contributed by atoms with Crippen LogP contribution in [0, 0.1) is 12.8 Å². The quantitative estimate of drug-likeness (QED) is 0.801. The lowest BCUT2D eigenvalue weighted by Crippen LogP contribution is -2.22. The molecule has 0 saturated carbocycles. The molecule has 1 aliphatic rings. The maximum Gasteiger partial charge on any atom is 0.214 e. The zero-order valence-electron chi connectivity index (χ0n) is 12.4. The first-order valence-corrected chi connectivity index (χ1v) is 8.32. The van der Waals surface area contributed by atoms with Crippen LogP contribution in [0.5, 0.6) is 0 Å². The largest absolute Gasteiger partial charge is 0.370 e. The smallest absolute Gasteiger partial charge is 0.214 e. The number of anilines is 2. The molecule has 1 aliphatic heterocycles. The fourth-order valence-electron chi connectivity index (χ4n) is 2.82. The summed E-state index contributed by atoms with van der Waals surface area (Å²) in [5.74, 6) is 1.57. The van der Waals surface area contributed by atoms with E-state index in [1.807, 2.05) is 42.0 Å². The van der Waals surface area contributed by atoms with Crippen LogP contribution in [0.4, 0.5) is 10.9 Å². The van der Waals surface area contributed by atoms with E-state index in [1.165, 1.54) is 6.42 Å². The molecule has 0 amide bonds. The minimum absolute atomic E-state index is 0.625. The number of imidazole rings is 1. The Hall–Kier alpha value is -2.15. The molecule has 4 heterocycles. The van der Waals surface area contributed by atoms with E-state index < -0.39 is 0 Å². The van der Waals surface area contributed by atoms with Crippen LogP contribution >= 0.6 is 11.3 Å². The minimum atomic E-state index is 0.625. The summed E-state index contributed by atoms with van der Waals surface area (Å²) in [6.07, 6.45) is 4.98. The molecule has 0 radical (unpaired) electrons. The van der Waals surface area contributed by atoms with Crippen molar-refractivity contribution >= 4 is 27.2 Å². The molecular formula is C15H18N6S. The lowest BCUT2D eigenvalue weighted by molar-refractivity contribution is 0.621. The van der Waals surface area contributed by atoms with Crippen molar-refractivity contribution in [2.75, 3.05) is 29.9 Å². The highest BCUT2D eigenvalue weighted by atomic mass is 32.1. The molecule has 7 heteroatoms. The highest BCUT2D eigenvalue weighted by molar-refractivity contribution is 7.20. The minimum Gasteiger partial charge on any atom is -0.370 e. The van der Waals surface area contributed by atoms with Gasteiger partial charge in [0.2, 0.25) is 10.1 Å². The Morgan fingerprint density at radius 3 is 3.18 bits per heavy atom. The van der Waals surface area contributed by atoms with Gasteiger partial charge in [-0.15, -0.1) is 5.10 Å². The second-order valence-electron chi connectivity index (χ2n) is 5.69. The van der Waals surface area contributed by atoms with E-state index in [4.69, 9.17) is 0 Å². The van der Waals surface area contributed by atoms with Gasteiger partial charge in [0.15, 0.2) is 0 Å². The SMILES string of the molecule is Cc1cn2nc(N3CC[C@H](CNc4ccccn4)C3)sc2n1. The van der Waals surface area contributed by atoms with E-state index in [2.05, 4.69) is 25.3 Å². The number of nitrogens with zero attached hydrogens (tertiary/aromatic N) is 5. The number of fused-ring (bicyclic) bond motifs is 1. The average Bonchev–Trinajstić information content (AvgIpc) is 3.20. The van der Waals surface area contributed by atoms with Gasteiger partial charge in [0.05, 0.1) is 11.9 Å². The van der Waals surface area contributed by atoms with Gasteiger partial charge in [-0.25, -0.2) is 14.5 Å². The van der Waals surface area contributed by atoms with E-state index >= 15 is 0 Å². The van der Waals surface area contributed by atoms with Gasteiger partial charge < -0.3 is 10.2 Å². The van der Waals surface area contributed by atoms with Crippen LogP contribution < -0.4 is 10.2 Å². The summed E-state index contributed by atoms with van der Waals surface area (Å²) in [6, 6.07) is 5.94. The molecule has 114 valence electrons. The molecule has 1 N–H and O–H groups in total. The Bertz CT molecular complexity index is 733. The number of aromatic nitrogens is 4. The Morgan fingerprint density at radius 1 is 1.41 bits per heavy atom. The first-order chi connectivity index (χ1) is 10.8. The summed E-state index contributed by atoms with van der Waals surface area (Å²) >= 11 is 1.67. The normalized spacial score (nSPS) is 18.2. The van der Waals surface area contributed by atoms with Crippen molar-refractivity contribution < 1.29 is 0 Å². The molecule has 1 fully saturated rings. The highest BCUT2D eigenvalue weighted by Gasteiger charge is 2.25. The summed E-state index contributed by atoms with van der Waals surface area (Å²) in [4.78, 5) is 12.1. The molecule has 0 bridgehead atoms. The first-order valence-electron chi connectivity index (χ1n) is 7.50. The first kappa shape index (κ1) is 13.5. The maximum absolute atomic E-state index is 4.63. The molecule has 1 saturated heterocycles. The molecule has 3 aromatic rings. The van der Waals surface area contributed by atoms with Crippen molar-refractivity contribution in [1.82, 2.24) is 19.6 Å². The Kier molecular flexibility index (Phi) is 3.42. The molecule has 0 aromatic carbocycles. The summed E-state index contributed by atoms with van der Waals surface area (Å²) in [5.41, 5.74) is 1.02. The van der Waals surface area contributed by atoms with Crippen molar-refractivity contribution in [1.29, 1.82) is 0 Å². The van der Waals surface area contributed by atoms with Crippen LogP contribution in [-0.4, -0.2) is 39.2 Å². The van der Waals surface area contributed by atoms with Gasteiger partial charge in [-0.2, -0.15) is 0 Å². The number of pyridine rings is 1. The molecule has 22 heavy (non-hydrogen) atoms. The maximum atomic E-state index is 4.63. The van der Waals surface area contributed by atoms with Crippen molar-refractivity contribution in [3.05, 3.63) is 36.3 Å². The van der Waals surface area contributed by atoms with Crippen molar-refractivity contribution in [3.63, 3.8) is 0 Å². The van der Waals surface area contributed by atoms with Crippen LogP contribution in [0.3, 0.4) is 0 Å². The van der Waals surface area contributed by atoms with Crippen LogP contribution in [0.25, 0.3) is 4.96 Å². The summed E-state index contributed by atoms with van der Waals surface area (Å²) in [7, 11) is 0. The predicted octanol–water partition coefficient (Wildman–Crippen LogP) is 2.43. The average molecular weight is 314 g/mol. The van der Waals surface area contributed by atoms with E-state index in [1.54, 1.807) is 11.3 Å². The monoisotopic (exact) mass is 314 g/mol. The van der Waals surface area contributed by atoms with Crippen molar-refractivity contribution in [2.45, 2.75) is 13.3 Å². The van der Waals surface area contributed by atoms with Gasteiger partial charge >= 0.3 is 0 Å². The standard InChI is InChI=1S/C15H18N6S/c1-11-9-21-14(18-11)22-15(19-21)20-7-5-12(10-20)8-17-13-4-2-3-6-16-13/h2-4,6,9,12H,5,7-8,10H2,1H3,(H,16,17)/t12-/m1/s1. The number of nitrogens with one attached hydrogen (secondary N) is 1. The summed E-state index contributed by atoms with van der Waals surface area (Å²) in [6.45, 7) is 5.05. The Labute approximate surface area is 132 Å². The molecule has 1 atom stereocenters. The third-order valence-corrected chi connectivity index (χ3v) is 4.93. The Balaban J connectivity index is 1.38. The fraction of sp³-hybridized carbons (Fsp3) is 0.400. The molecule has 0 aliphatic carbocycles. The zero-order valence-corrected chi connectivity index (χ0v) is 13.3. The molecule has 0 spiro atoms. The van der Waals surface area contributed by atoms with Crippen molar-refractivity contribution in [3.8, 4) is 0 Å². The topological polar surface area (TPSA) is 58.4 Å². The van der Waals surface area contributed by atoms with Crippen molar-refractivity contribution in [2.24, 2.45) is 5.92 Å². The zero-order chi connectivity index (χ0) is 14.9. The third kappa shape index (κ3) is 2.64. The van der Waals surface area contributed by atoms with Crippen LogP contribution in [0.1, 0.15) is 12.1 Å². The lowest BCUT2D eigenvalue weighted by atomic mass is 10.1. The molecule has 3 aromatic heterocycles. The third-order valence-electron chi connectivity index (χ3n) is 3.95. The van der Waals surface area contributed by atoms with Crippen LogP contribution in [0.2, 0.25) is 0 Å². The van der Waals surface area contributed by atoms with E-state index in [9.17, 15) is 0 Å². The molecule has 4 rings (SSSR count). The predicted molar refractivity (Wildman–Crippen MR) is 88.6 cm³/mol. The van der Waals surface area contributed by atoms with E-state index in [0.717, 1.165) is 41.2 Å². The summed E-state index contributed by atoms with van der Waals surface area (Å²) < 4.78 is 1.88. The number of hydrogen-bond acceptors (Lipinski definition) is 6. The highest BCUT2D eigenvalue weighted by Crippen LogP contribution is 2.28. The molecule has 0 unspecified atom stereocenters. The van der Waals surface area contributed by atoms with Gasteiger partial charge in [-0.3, -0.25) is 0 Å². The van der Waals surface area contributed by atoms with Gasteiger partial charge in [0, 0.05) is 25.8 Å². The molecular weight excluding hydrogens is 296 g/mol. The lowest BCUT2D eigenvalue weighted by Gasteiger charge is -2.15. The summed E-state index contributed by atoms with van der Waals surface area (Å²) in [5, 5.41) is 9.12. The van der Waals surface area contributed by atoms with E-state index in [-0.39, 0.29) is 0 Å². The fourth-order valence-corrected chi connectivity index (χ4v) is 3.78. The van der Waals surface area contributed by atoms with Gasteiger partial charge in [0.25, 0.3) is 0 Å². The van der Waals surface area contributed by atoms with Gasteiger partial charge in [0.1, 0.15) is 5.82 Å². The van der Waals surface area contributed by atoms with Gasteiger partial charge in [-0.1, -0.05) is 17.4 Å². The van der Waals surface area contributed by atoms with Crippen LogP contribution in [-0.2, 0) is 0 Å². The molecule has 6 nitrogen and oxygen atoms in total. The van der Waals surface area contributed by atoms with Gasteiger partial charge in [-0.05, 0) is 31.4 Å².